The van der Waals surface area contributed by atoms with Crippen LogP contribution in [0.1, 0.15) is 60.9 Å². The summed E-state index contributed by atoms with van der Waals surface area (Å²) >= 11 is 6.27. The average Bonchev–Trinajstić information content (AvgIpc) is 2.97. The number of hydrogen-bond acceptors (Lipinski definition) is 5. The van der Waals surface area contributed by atoms with Crippen LogP contribution in [-0.2, 0) is 15.1 Å². The van der Waals surface area contributed by atoms with E-state index in [9.17, 15) is 33.1 Å². The summed E-state index contributed by atoms with van der Waals surface area (Å²) in [6, 6.07) is 9.89. The van der Waals surface area contributed by atoms with Gasteiger partial charge in [0.2, 0.25) is 11.8 Å². The number of benzene rings is 2. The summed E-state index contributed by atoms with van der Waals surface area (Å²) in [6.45, 7) is 0.394. The van der Waals surface area contributed by atoms with E-state index in [0.717, 1.165) is 4.90 Å². The molecule has 0 unspecified atom stereocenters. The SMILES string of the molecule is CN(C(=O)O)c1ccc(C(=O)N[C@@H](CC2CCC(F)(F)CC2)C(=O)N2CCC[C@@]3(C2)OC(=O)Nc2ccc(Cl)cc23)cc1. The Morgan fingerprint density at radius 2 is 1.86 bits per heavy atom. The van der Waals surface area contributed by atoms with Crippen molar-refractivity contribution in [1.29, 1.82) is 0 Å². The number of carbonyl (C=O) groups excluding carboxylic acids is 3. The molecule has 1 saturated carbocycles. The van der Waals surface area contributed by atoms with Crippen molar-refractivity contribution in [3.63, 3.8) is 0 Å². The van der Waals surface area contributed by atoms with E-state index >= 15 is 0 Å². The molecule has 4 amide bonds. The maximum absolute atomic E-state index is 14.1. The molecule has 0 aromatic heterocycles. The molecule has 2 fully saturated rings. The highest BCUT2D eigenvalue weighted by Crippen LogP contribution is 2.44. The number of likely N-dealkylation sites (tertiary alicyclic amines) is 1. The first kappa shape index (κ1) is 30.5. The maximum Gasteiger partial charge on any atom is 0.412 e. The molecule has 13 heteroatoms. The number of nitrogens with one attached hydrogen (secondary N) is 2. The van der Waals surface area contributed by atoms with Crippen molar-refractivity contribution >= 4 is 47.0 Å². The van der Waals surface area contributed by atoms with Gasteiger partial charge in [-0.25, -0.2) is 18.4 Å². The first-order chi connectivity index (χ1) is 20.4. The number of piperidine rings is 1. The molecule has 2 aliphatic heterocycles. The number of fused-ring (bicyclic) bond motifs is 2. The molecule has 2 heterocycles. The fourth-order valence-corrected chi connectivity index (χ4v) is 6.35. The summed E-state index contributed by atoms with van der Waals surface area (Å²) in [5.74, 6) is -3.89. The van der Waals surface area contributed by atoms with Gasteiger partial charge >= 0.3 is 12.2 Å². The zero-order chi connectivity index (χ0) is 30.9. The monoisotopic (exact) mass is 618 g/mol. The minimum Gasteiger partial charge on any atom is -0.465 e. The van der Waals surface area contributed by atoms with Crippen molar-refractivity contribution in [2.24, 2.45) is 5.92 Å². The number of anilines is 2. The van der Waals surface area contributed by atoms with Crippen LogP contribution in [0, 0.1) is 5.92 Å². The summed E-state index contributed by atoms with van der Waals surface area (Å²) in [5.41, 5.74) is 0.625. The van der Waals surface area contributed by atoms with E-state index in [4.69, 9.17) is 16.3 Å². The Morgan fingerprint density at radius 3 is 2.53 bits per heavy atom. The fourth-order valence-electron chi connectivity index (χ4n) is 6.18. The number of carbonyl (C=O) groups is 4. The Labute approximate surface area is 252 Å². The van der Waals surface area contributed by atoms with Gasteiger partial charge in [0.15, 0.2) is 5.60 Å². The molecule has 5 rings (SSSR count). The summed E-state index contributed by atoms with van der Waals surface area (Å²) in [6.07, 6.45) is -0.767. The van der Waals surface area contributed by atoms with Gasteiger partial charge in [0.05, 0.1) is 12.2 Å². The van der Waals surface area contributed by atoms with Crippen LogP contribution in [0.5, 0.6) is 0 Å². The number of amides is 4. The Morgan fingerprint density at radius 1 is 1.16 bits per heavy atom. The van der Waals surface area contributed by atoms with Crippen LogP contribution in [-0.4, -0.2) is 66.1 Å². The number of alkyl halides is 2. The molecule has 10 nitrogen and oxygen atoms in total. The molecule has 43 heavy (non-hydrogen) atoms. The number of halogens is 3. The maximum atomic E-state index is 14.1. The van der Waals surface area contributed by atoms with Gasteiger partial charge in [0, 0.05) is 48.3 Å². The molecule has 2 aromatic rings. The second kappa shape index (κ2) is 12.0. The molecule has 0 radical (unpaired) electrons. The number of carboxylic acid groups (broad SMARTS) is 1. The number of nitrogens with zero attached hydrogens (tertiary/aromatic N) is 2. The molecule has 3 aliphatic rings. The first-order valence-electron chi connectivity index (χ1n) is 14.2. The van der Waals surface area contributed by atoms with Gasteiger partial charge in [-0.15, -0.1) is 0 Å². The van der Waals surface area contributed by atoms with Crippen molar-refractivity contribution in [2.45, 2.75) is 62.5 Å². The van der Waals surface area contributed by atoms with Crippen LogP contribution < -0.4 is 15.5 Å². The van der Waals surface area contributed by atoms with Crippen LogP contribution >= 0.6 is 11.6 Å². The van der Waals surface area contributed by atoms with Gasteiger partial charge in [-0.2, -0.15) is 0 Å². The third-order valence-corrected chi connectivity index (χ3v) is 8.81. The Balaban J connectivity index is 1.38. The lowest BCUT2D eigenvalue weighted by atomic mass is 9.81. The lowest BCUT2D eigenvalue weighted by Gasteiger charge is -2.46. The molecule has 1 spiro atoms. The third kappa shape index (κ3) is 6.69. The van der Waals surface area contributed by atoms with Gasteiger partial charge < -0.3 is 20.1 Å². The summed E-state index contributed by atoms with van der Waals surface area (Å²) in [7, 11) is 1.37. The highest BCUT2D eigenvalue weighted by atomic mass is 35.5. The van der Waals surface area contributed by atoms with Gasteiger partial charge in [0.1, 0.15) is 6.04 Å². The van der Waals surface area contributed by atoms with Crippen molar-refractivity contribution in [3.05, 3.63) is 58.6 Å². The topological polar surface area (TPSA) is 128 Å². The van der Waals surface area contributed by atoms with Gasteiger partial charge in [-0.3, -0.25) is 19.8 Å². The lowest BCUT2D eigenvalue weighted by Crippen LogP contribution is -2.57. The van der Waals surface area contributed by atoms with Crippen molar-refractivity contribution in [3.8, 4) is 0 Å². The van der Waals surface area contributed by atoms with Gasteiger partial charge in [-0.1, -0.05) is 11.6 Å². The van der Waals surface area contributed by atoms with Crippen LogP contribution in [0.2, 0.25) is 5.02 Å². The lowest BCUT2D eigenvalue weighted by molar-refractivity contribution is -0.141. The zero-order valence-corrected chi connectivity index (χ0v) is 24.3. The molecule has 0 bridgehead atoms. The van der Waals surface area contributed by atoms with Gasteiger partial charge in [-0.05, 0) is 80.5 Å². The minimum absolute atomic E-state index is 0.0396. The van der Waals surface area contributed by atoms with E-state index in [2.05, 4.69) is 10.6 Å². The largest absolute Gasteiger partial charge is 0.465 e. The number of ether oxygens (including phenoxy) is 1. The Bertz CT molecular complexity index is 1410. The zero-order valence-electron chi connectivity index (χ0n) is 23.6. The molecule has 230 valence electrons. The van der Waals surface area contributed by atoms with E-state index in [-0.39, 0.29) is 50.1 Å². The smallest absolute Gasteiger partial charge is 0.412 e. The molecule has 3 N–H and O–H groups in total. The number of hydrogen-bond donors (Lipinski definition) is 3. The Kier molecular flexibility index (Phi) is 8.51. The Hall–Kier alpha value is -3.93. The summed E-state index contributed by atoms with van der Waals surface area (Å²) in [4.78, 5) is 53.7. The average molecular weight is 619 g/mol. The highest BCUT2D eigenvalue weighted by molar-refractivity contribution is 6.30. The molecular formula is C30H33ClF2N4O6. The van der Waals surface area contributed by atoms with E-state index in [1.807, 2.05) is 0 Å². The first-order valence-corrected chi connectivity index (χ1v) is 14.6. The predicted molar refractivity (Wildman–Crippen MR) is 155 cm³/mol. The van der Waals surface area contributed by atoms with E-state index in [0.29, 0.717) is 41.3 Å². The molecule has 2 atom stereocenters. The van der Waals surface area contributed by atoms with Crippen molar-refractivity contribution in [2.75, 3.05) is 30.4 Å². The molecule has 2 aromatic carbocycles. The molecule has 1 aliphatic carbocycles. The summed E-state index contributed by atoms with van der Waals surface area (Å²) in [5, 5.41) is 15.1. The minimum atomic E-state index is -2.74. The second-order valence-corrected chi connectivity index (χ2v) is 11.9. The van der Waals surface area contributed by atoms with Crippen molar-refractivity contribution < 1.29 is 37.8 Å². The van der Waals surface area contributed by atoms with E-state index in [1.165, 1.54) is 31.3 Å². The molecule has 1 saturated heterocycles. The van der Waals surface area contributed by atoms with E-state index in [1.54, 1.807) is 23.1 Å². The molecular weight excluding hydrogens is 586 g/mol. The quantitative estimate of drug-likeness (QED) is 0.373. The summed E-state index contributed by atoms with van der Waals surface area (Å²) < 4.78 is 33.6. The van der Waals surface area contributed by atoms with E-state index < -0.39 is 41.6 Å². The predicted octanol–water partition coefficient (Wildman–Crippen LogP) is 5.85. The normalized spacial score (nSPS) is 22.1. The van der Waals surface area contributed by atoms with Crippen LogP contribution in [0.25, 0.3) is 0 Å². The highest BCUT2D eigenvalue weighted by Gasteiger charge is 2.47. The fraction of sp³-hybridized carbons (Fsp3) is 0.467. The third-order valence-electron chi connectivity index (χ3n) is 8.58. The van der Waals surface area contributed by atoms with Crippen LogP contribution in [0.15, 0.2) is 42.5 Å². The van der Waals surface area contributed by atoms with Crippen LogP contribution in [0.3, 0.4) is 0 Å². The number of rotatable bonds is 6. The van der Waals surface area contributed by atoms with Crippen LogP contribution in [0.4, 0.5) is 29.7 Å². The van der Waals surface area contributed by atoms with Crippen molar-refractivity contribution in [1.82, 2.24) is 10.2 Å². The standard InChI is InChI=1S/C30H33ClF2N4O6/c1-36(28(41)42)21-6-3-19(4-7-21)25(38)34-24(15-18-9-12-30(32,33)13-10-18)26(39)37-14-2-11-29(17-37)22-16-20(31)5-8-23(22)35-27(40)43-29/h3-8,16,18,24H,2,9-15,17H2,1H3,(H,34,38)(H,35,40)(H,41,42)/t24-,29-/m0/s1. The van der Waals surface area contributed by atoms with Gasteiger partial charge in [0.25, 0.3) is 5.91 Å². The second-order valence-electron chi connectivity index (χ2n) is 11.5.